The zero-order chi connectivity index (χ0) is 11.1. The van der Waals surface area contributed by atoms with Gasteiger partial charge in [-0.1, -0.05) is 6.92 Å². The predicted molar refractivity (Wildman–Crippen MR) is 66.3 cm³/mol. The number of nitrogens with zero attached hydrogens (tertiary/aromatic N) is 1. The summed E-state index contributed by atoms with van der Waals surface area (Å²) >= 11 is 1.85. The first-order valence-corrected chi connectivity index (χ1v) is 7.20. The van der Waals surface area contributed by atoms with Gasteiger partial charge in [0.2, 0.25) is 5.91 Å². The maximum absolute atomic E-state index is 11.9. The van der Waals surface area contributed by atoms with Crippen molar-refractivity contribution < 1.29 is 4.79 Å². The van der Waals surface area contributed by atoms with Crippen LogP contribution in [0.1, 0.15) is 26.2 Å². The molecule has 0 radical (unpaired) electrons. The summed E-state index contributed by atoms with van der Waals surface area (Å²) < 4.78 is 0. The molecule has 0 aromatic heterocycles. The Kier molecular flexibility index (Phi) is 6.10. The summed E-state index contributed by atoms with van der Waals surface area (Å²) in [6.07, 6.45) is 5.30. The molecular weight excluding hydrogens is 208 g/mol. The van der Waals surface area contributed by atoms with E-state index in [-0.39, 0.29) is 6.04 Å². The third-order valence-electron chi connectivity index (χ3n) is 2.71. The monoisotopic (exact) mass is 230 g/mol. The van der Waals surface area contributed by atoms with E-state index in [1.165, 1.54) is 0 Å². The Labute approximate surface area is 97.0 Å². The molecule has 1 atom stereocenters. The molecule has 1 N–H and O–H groups in total. The zero-order valence-electron chi connectivity index (χ0n) is 9.79. The summed E-state index contributed by atoms with van der Waals surface area (Å²) in [5, 5.41) is 3.31. The summed E-state index contributed by atoms with van der Waals surface area (Å²) in [6, 6.07) is 0.0965. The van der Waals surface area contributed by atoms with Crippen LogP contribution >= 0.6 is 11.8 Å². The van der Waals surface area contributed by atoms with Crippen molar-refractivity contribution in [3.8, 4) is 0 Å². The summed E-state index contributed by atoms with van der Waals surface area (Å²) in [5.74, 6) is 1.46. The molecule has 15 heavy (non-hydrogen) atoms. The van der Waals surface area contributed by atoms with Crippen molar-refractivity contribution in [2.24, 2.45) is 0 Å². The van der Waals surface area contributed by atoms with Crippen LogP contribution in [-0.4, -0.2) is 48.5 Å². The average Bonchev–Trinajstić information content (AvgIpc) is 2.58. The van der Waals surface area contributed by atoms with Crippen LogP contribution in [0.4, 0.5) is 0 Å². The van der Waals surface area contributed by atoms with Gasteiger partial charge in [0.05, 0.1) is 6.04 Å². The smallest absolute Gasteiger partial charge is 0.239 e. The number of thioether (sulfide) groups is 1. The van der Waals surface area contributed by atoms with E-state index in [4.69, 9.17) is 0 Å². The Balaban J connectivity index is 2.22. The summed E-state index contributed by atoms with van der Waals surface area (Å²) in [6.45, 7) is 4.95. The normalized spacial score (nSPS) is 21.3. The van der Waals surface area contributed by atoms with Gasteiger partial charge < -0.3 is 10.2 Å². The molecule has 1 heterocycles. The SMILES string of the molecule is CCCNC1CCN(CCCSC)C1=O. The zero-order valence-corrected chi connectivity index (χ0v) is 10.6. The number of hydrogen-bond donors (Lipinski definition) is 1. The van der Waals surface area contributed by atoms with Gasteiger partial charge in [-0.2, -0.15) is 11.8 Å². The second kappa shape index (κ2) is 7.12. The standard InChI is InChI=1S/C11H22N2OS/c1-3-6-12-10-5-8-13(11(10)14)7-4-9-15-2/h10,12H,3-9H2,1-2H3. The van der Waals surface area contributed by atoms with Gasteiger partial charge in [0.15, 0.2) is 0 Å². The number of likely N-dealkylation sites (tertiary alicyclic amines) is 1. The lowest BCUT2D eigenvalue weighted by molar-refractivity contribution is -0.129. The molecule has 88 valence electrons. The first-order chi connectivity index (χ1) is 7.29. The number of nitrogens with one attached hydrogen (secondary N) is 1. The lowest BCUT2D eigenvalue weighted by atomic mass is 10.2. The minimum absolute atomic E-state index is 0.0965. The summed E-state index contributed by atoms with van der Waals surface area (Å²) in [4.78, 5) is 13.9. The van der Waals surface area contributed by atoms with Crippen molar-refractivity contribution in [2.75, 3.05) is 31.6 Å². The predicted octanol–water partition coefficient (Wildman–Crippen LogP) is 1.34. The van der Waals surface area contributed by atoms with Crippen molar-refractivity contribution in [3.05, 3.63) is 0 Å². The van der Waals surface area contributed by atoms with E-state index in [1.54, 1.807) is 0 Å². The van der Waals surface area contributed by atoms with Crippen LogP contribution in [0.25, 0.3) is 0 Å². The van der Waals surface area contributed by atoms with E-state index in [0.29, 0.717) is 5.91 Å². The molecule has 0 spiro atoms. The minimum atomic E-state index is 0.0965. The van der Waals surface area contributed by atoms with Crippen molar-refractivity contribution in [3.63, 3.8) is 0 Å². The van der Waals surface area contributed by atoms with Crippen LogP contribution in [0.3, 0.4) is 0 Å². The molecular formula is C11H22N2OS. The second-order valence-electron chi connectivity index (χ2n) is 3.97. The molecule has 0 aromatic carbocycles. The molecule has 1 amide bonds. The van der Waals surface area contributed by atoms with Gasteiger partial charge in [0.1, 0.15) is 0 Å². The lowest BCUT2D eigenvalue weighted by Gasteiger charge is -2.16. The van der Waals surface area contributed by atoms with E-state index in [2.05, 4.69) is 18.5 Å². The van der Waals surface area contributed by atoms with Crippen LogP contribution in [0.15, 0.2) is 0 Å². The number of carbonyl (C=O) groups excluding carboxylic acids is 1. The number of hydrogen-bond acceptors (Lipinski definition) is 3. The van der Waals surface area contributed by atoms with E-state index in [1.807, 2.05) is 16.7 Å². The Morgan fingerprint density at radius 3 is 3.07 bits per heavy atom. The molecule has 1 rings (SSSR count). The molecule has 0 saturated carbocycles. The van der Waals surface area contributed by atoms with Crippen LogP contribution < -0.4 is 5.32 Å². The lowest BCUT2D eigenvalue weighted by Crippen LogP contribution is -2.38. The summed E-state index contributed by atoms with van der Waals surface area (Å²) in [5.41, 5.74) is 0. The highest BCUT2D eigenvalue weighted by atomic mass is 32.2. The fourth-order valence-electron chi connectivity index (χ4n) is 1.87. The molecule has 1 fully saturated rings. The largest absolute Gasteiger partial charge is 0.341 e. The first kappa shape index (κ1) is 12.8. The fraction of sp³-hybridized carbons (Fsp3) is 0.909. The molecule has 3 nitrogen and oxygen atoms in total. The van der Waals surface area contributed by atoms with Gasteiger partial charge in [0.25, 0.3) is 0 Å². The third-order valence-corrected chi connectivity index (χ3v) is 3.41. The van der Waals surface area contributed by atoms with Crippen LogP contribution in [0.5, 0.6) is 0 Å². The molecule has 1 saturated heterocycles. The fourth-order valence-corrected chi connectivity index (χ4v) is 2.29. The van der Waals surface area contributed by atoms with Crippen LogP contribution in [-0.2, 0) is 4.79 Å². The van der Waals surface area contributed by atoms with Crippen molar-refractivity contribution in [1.82, 2.24) is 10.2 Å². The highest BCUT2D eigenvalue weighted by molar-refractivity contribution is 7.98. The van der Waals surface area contributed by atoms with Crippen molar-refractivity contribution in [1.29, 1.82) is 0 Å². The molecule has 1 aliphatic heterocycles. The molecule has 0 aromatic rings. The van der Waals surface area contributed by atoms with Gasteiger partial charge in [-0.3, -0.25) is 4.79 Å². The van der Waals surface area contributed by atoms with Crippen molar-refractivity contribution >= 4 is 17.7 Å². The maximum atomic E-state index is 11.9. The quantitative estimate of drug-likeness (QED) is 0.670. The Bertz CT molecular complexity index is 199. The average molecular weight is 230 g/mol. The Hall–Kier alpha value is -0.220. The number of carbonyl (C=O) groups is 1. The van der Waals surface area contributed by atoms with E-state index >= 15 is 0 Å². The Morgan fingerprint density at radius 1 is 1.60 bits per heavy atom. The van der Waals surface area contributed by atoms with Gasteiger partial charge in [-0.25, -0.2) is 0 Å². The summed E-state index contributed by atoms with van der Waals surface area (Å²) in [7, 11) is 0. The third kappa shape index (κ3) is 4.03. The van der Waals surface area contributed by atoms with Crippen LogP contribution in [0.2, 0.25) is 0 Å². The highest BCUT2D eigenvalue weighted by Crippen LogP contribution is 2.12. The van der Waals surface area contributed by atoms with Crippen molar-refractivity contribution in [2.45, 2.75) is 32.2 Å². The van der Waals surface area contributed by atoms with E-state index in [0.717, 1.165) is 44.6 Å². The minimum Gasteiger partial charge on any atom is -0.341 e. The molecule has 1 aliphatic rings. The topological polar surface area (TPSA) is 32.3 Å². The van der Waals surface area contributed by atoms with Gasteiger partial charge in [-0.05, 0) is 37.8 Å². The first-order valence-electron chi connectivity index (χ1n) is 5.80. The molecule has 1 unspecified atom stereocenters. The molecule has 0 aliphatic carbocycles. The Morgan fingerprint density at radius 2 is 2.40 bits per heavy atom. The van der Waals surface area contributed by atoms with Gasteiger partial charge in [-0.15, -0.1) is 0 Å². The molecule has 0 bridgehead atoms. The van der Waals surface area contributed by atoms with Crippen LogP contribution in [0, 0.1) is 0 Å². The molecule has 4 heteroatoms. The van der Waals surface area contributed by atoms with E-state index < -0.39 is 0 Å². The van der Waals surface area contributed by atoms with Gasteiger partial charge >= 0.3 is 0 Å². The van der Waals surface area contributed by atoms with Gasteiger partial charge in [0, 0.05) is 13.1 Å². The number of amides is 1. The highest BCUT2D eigenvalue weighted by Gasteiger charge is 2.30. The maximum Gasteiger partial charge on any atom is 0.239 e. The van der Waals surface area contributed by atoms with E-state index in [9.17, 15) is 4.79 Å². The number of rotatable bonds is 7. The second-order valence-corrected chi connectivity index (χ2v) is 4.95.